The third kappa shape index (κ3) is 3.29. The van der Waals surface area contributed by atoms with Crippen LogP contribution in [0.3, 0.4) is 0 Å². The summed E-state index contributed by atoms with van der Waals surface area (Å²) in [5.74, 6) is -0.530. The third-order valence-corrected chi connectivity index (χ3v) is 5.26. The van der Waals surface area contributed by atoms with Crippen LogP contribution in [0.4, 0.5) is 5.69 Å². The fraction of sp³-hybridized carbons (Fsp3) is 0.130. The Morgan fingerprint density at radius 1 is 1.03 bits per heavy atom. The number of hydrogen-bond donors (Lipinski definition) is 2. The number of pyridine rings is 2. The Kier molecular flexibility index (Phi) is 4.70. The van der Waals surface area contributed by atoms with E-state index in [1.165, 1.54) is 18.7 Å². The second-order valence-electron chi connectivity index (χ2n) is 7.65. The molecule has 9 nitrogen and oxygen atoms in total. The van der Waals surface area contributed by atoms with Crippen molar-refractivity contribution < 1.29 is 9.59 Å². The van der Waals surface area contributed by atoms with Gasteiger partial charge in [-0.3, -0.25) is 14.6 Å². The fourth-order valence-corrected chi connectivity index (χ4v) is 3.71. The molecule has 0 fully saturated rings. The van der Waals surface area contributed by atoms with Gasteiger partial charge < -0.3 is 14.9 Å². The van der Waals surface area contributed by atoms with Crippen LogP contribution in [-0.2, 0) is 0 Å². The summed E-state index contributed by atoms with van der Waals surface area (Å²) in [4.78, 5) is 45.9. The van der Waals surface area contributed by atoms with Gasteiger partial charge in [0, 0.05) is 53.4 Å². The Bertz CT molecular complexity index is 1480. The van der Waals surface area contributed by atoms with Gasteiger partial charge in [0.15, 0.2) is 5.78 Å². The van der Waals surface area contributed by atoms with Gasteiger partial charge in [-0.1, -0.05) is 0 Å². The predicted octanol–water partition coefficient (Wildman–Crippen LogP) is 3.77. The lowest BCUT2D eigenvalue weighted by Crippen LogP contribution is -2.13. The molecule has 0 atom stereocenters. The molecule has 1 amide bonds. The van der Waals surface area contributed by atoms with E-state index in [2.05, 4.69) is 30.2 Å². The summed E-state index contributed by atoms with van der Waals surface area (Å²) in [6.45, 7) is 4.04. The first-order valence-corrected chi connectivity index (χ1v) is 10.1. The summed E-state index contributed by atoms with van der Waals surface area (Å²) in [6.07, 6.45) is 11.2. The van der Waals surface area contributed by atoms with Gasteiger partial charge in [0.2, 0.25) is 0 Å². The van der Waals surface area contributed by atoms with E-state index >= 15 is 0 Å². The monoisotopic (exact) mass is 425 g/mol. The van der Waals surface area contributed by atoms with Crippen molar-refractivity contribution in [3.63, 3.8) is 0 Å². The van der Waals surface area contributed by atoms with Crippen LogP contribution in [0.5, 0.6) is 0 Å². The Labute approximate surface area is 182 Å². The maximum atomic E-state index is 13.3. The Morgan fingerprint density at radius 3 is 2.75 bits per heavy atom. The number of carbonyl (C=O) groups excluding carboxylic acids is 2. The van der Waals surface area contributed by atoms with Gasteiger partial charge in [0.05, 0.1) is 23.0 Å². The molecule has 9 heteroatoms. The van der Waals surface area contributed by atoms with Crippen molar-refractivity contribution in [3.05, 3.63) is 78.4 Å². The molecule has 5 rings (SSSR count). The standard InChI is InChI=1S/C23H19N7O2/c1-13(2)30-11-19(18-10-25-12-28-22(18)30)20(31)14-7-15(9-24-8-14)29-23(32)17-4-6-27-21-16(17)3-5-26-21/h3-13H,1-2H3,(H,26,27)(H,29,32). The van der Waals surface area contributed by atoms with Crippen LogP contribution in [0, 0.1) is 0 Å². The molecule has 0 spiro atoms. The van der Waals surface area contributed by atoms with Crippen LogP contribution in [-0.4, -0.2) is 41.2 Å². The van der Waals surface area contributed by atoms with E-state index in [1.54, 1.807) is 43.0 Å². The highest BCUT2D eigenvalue weighted by Gasteiger charge is 2.20. The molecular weight excluding hydrogens is 406 g/mol. The smallest absolute Gasteiger partial charge is 0.256 e. The molecule has 0 radical (unpaired) electrons. The summed E-state index contributed by atoms with van der Waals surface area (Å²) in [6, 6.07) is 5.19. The molecule has 0 unspecified atom stereocenters. The van der Waals surface area contributed by atoms with Crippen molar-refractivity contribution in [3.8, 4) is 0 Å². The van der Waals surface area contributed by atoms with Crippen LogP contribution in [0.25, 0.3) is 22.1 Å². The number of hydrogen-bond acceptors (Lipinski definition) is 6. The Morgan fingerprint density at radius 2 is 1.91 bits per heavy atom. The number of rotatable bonds is 5. The van der Waals surface area contributed by atoms with E-state index in [0.29, 0.717) is 44.4 Å². The van der Waals surface area contributed by atoms with E-state index in [9.17, 15) is 9.59 Å². The van der Waals surface area contributed by atoms with Crippen LogP contribution >= 0.6 is 0 Å². The zero-order valence-corrected chi connectivity index (χ0v) is 17.4. The molecule has 0 saturated carbocycles. The summed E-state index contributed by atoms with van der Waals surface area (Å²) in [7, 11) is 0. The molecule has 0 aliphatic carbocycles. The quantitative estimate of drug-likeness (QED) is 0.414. The highest BCUT2D eigenvalue weighted by atomic mass is 16.1. The number of nitrogens with zero attached hydrogens (tertiary/aromatic N) is 5. The topological polar surface area (TPSA) is 118 Å². The number of ketones is 1. The van der Waals surface area contributed by atoms with Crippen molar-refractivity contribution in [1.29, 1.82) is 0 Å². The molecule has 5 heterocycles. The van der Waals surface area contributed by atoms with Crippen molar-refractivity contribution in [2.75, 3.05) is 5.32 Å². The minimum absolute atomic E-state index is 0.128. The van der Waals surface area contributed by atoms with Gasteiger partial charge >= 0.3 is 0 Å². The van der Waals surface area contributed by atoms with Crippen LogP contribution in [0.1, 0.15) is 46.2 Å². The van der Waals surface area contributed by atoms with Crippen molar-refractivity contribution in [2.24, 2.45) is 0 Å². The average molecular weight is 425 g/mol. The van der Waals surface area contributed by atoms with Crippen LogP contribution in [0.15, 0.2) is 61.7 Å². The maximum Gasteiger partial charge on any atom is 0.256 e. The van der Waals surface area contributed by atoms with Crippen molar-refractivity contribution in [2.45, 2.75) is 19.9 Å². The number of anilines is 1. The van der Waals surface area contributed by atoms with E-state index in [-0.39, 0.29) is 17.7 Å². The minimum atomic E-state index is -0.312. The molecule has 0 bridgehead atoms. The molecule has 158 valence electrons. The predicted molar refractivity (Wildman–Crippen MR) is 120 cm³/mol. The van der Waals surface area contributed by atoms with Gasteiger partial charge in [-0.25, -0.2) is 15.0 Å². The normalized spacial score (nSPS) is 11.3. The maximum absolute atomic E-state index is 13.3. The molecule has 5 aromatic heterocycles. The summed E-state index contributed by atoms with van der Waals surface area (Å²) in [5.41, 5.74) is 3.07. The lowest BCUT2D eigenvalue weighted by Gasteiger charge is -2.08. The number of H-pyrrole nitrogens is 1. The zero-order valence-electron chi connectivity index (χ0n) is 17.4. The SMILES string of the molecule is CC(C)n1cc(C(=O)c2cncc(NC(=O)c3ccnc4[nH]ccc34)c2)c2cncnc21. The largest absolute Gasteiger partial charge is 0.346 e. The van der Waals surface area contributed by atoms with Gasteiger partial charge in [-0.2, -0.15) is 0 Å². The molecule has 0 saturated heterocycles. The van der Waals surface area contributed by atoms with Crippen LogP contribution < -0.4 is 5.32 Å². The number of aromatic nitrogens is 6. The molecule has 32 heavy (non-hydrogen) atoms. The van der Waals surface area contributed by atoms with E-state index in [1.807, 2.05) is 18.4 Å². The second kappa shape index (κ2) is 7.69. The molecule has 0 aliphatic heterocycles. The zero-order chi connectivity index (χ0) is 22.2. The number of amides is 1. The number of aromatic amines is 1. The van der Waals surface area contributed by atoms with Crippen molar-refractivity contribution in [1.82, 2.24) is 29.5 Å². The molecule has 2 N–H and O–H groups in total. The minimum Gasteiger partial charge on any atom is -0.346 e. The van der Waals surface area contributed by atoms with E-state index < -0.39 is 0 Å². The molecule has 0 aliphatic rings. The summed E-state index contributed by atoms with van der Waals surface area (Å²) < 4.78 is 1.94. The second-order valence-corrected chi connectivity index (χ2v) is 7.65. The molecule has 0 aromatic carbocycles. The number of nitrogens with one attached hydrogen (secondary N) is 2. The third-order valence-electron chi connectivity index (χ3n) is 5.26. The van der Waals surface area contributed by atoms with E-state index in [0.717, 1.165) is 0 Å². The van der Waals surface area contributed by atoms with Gasteiger partial charge in [0.1, 0.15) is 17.6 Å². The number of carbonyl (C=O) groups is 2. The van der Waals surface area contributed by atoms with Gasteiger partial charge in [-0.15, -0.1) is 0 Å². The van der Waals surface area contributed by atoms with Gasteiger partial charge in [0.25, 0.3) is 5.91 Å². The Balaban J connectivity index is 1.47. The first kappa shape index (κ1) is 19.6. The Hall–Kier alpha value is -4.40. The first-order valence-electron chi connectivity index (χ1n) is 10.1. The summed E-state index contributed by atoms with van der Waals surface area (Å²) in [5, 5.41) is 4.21. The van der Waals surface area contributed by atoms with Gasteiger partial charge in [-0.05, 0) is 32.0 Å². The highest BCUT2D eigenvalue weighted by Crippen LogP contribution is 2.25. The van der Waals surface area contributed by atoms with Crippen LogP contribution in [0.2, 0.25) is 0 Å². The molecule has 5 aromatic rings. The molecular formula is C23H19N7O2. The first-order chi connectivity index (χ1) is 15.5. The number of fused-ring (bicyclic) bond motifs is 2. The lowest BCUT2D eigenvalue weighted by molar-refractivity contribution is 0.102. The summed E-state index contributed by atoms with van der Waals surface area (Å²) >= 11 is 0. The average Bonchev–Trinajstić information content (AvgIpc) is 3.43. The fourth-order valence-electron chi connectivity index (χ4n) is 3.71. The van der Waals surface area contributed by atoms with Crippen molar-refractivity contribution >= 4 is 39.4 Å². The highest BCUT2D eigenvalue weighted by molar-refractivity contribution is 6.17. The lowest BCUT2D eigenvalue weighted by atomic mass is 10.1. The van der Waals surface area contributed by atoms with E-state index in [4.69, 9.17) is 0 Å².